The number of rotatable bonds is 13. The highest BCUT2D eigenvalue weighted by Crippen LogP contribution is 2.25. The summed E-state index contributed by atoms with van der Waals surface area (Å²) in [7, 11) is -1.51. The number of aliphatic imine (C=N–C) groups is 1. The van der Waals surface area contributed by atoms with Crippen LogP contribution >= 0.6 is 24.0 Å². The monoisotopic (exact) mass is 517 g/mol. The topological polar surface area (TPSA) is 85.8 Å². The van der Waals surface area contributed by atoms with Crippen LogP contribution in [0.4, 0.5) is 0 Å². The molecule has 0 aromatic rings. The van der Waals surface area contributed by atoms with Crippen LogP contribution in [-0.2, 0) is 10.0 Å². The summed E-state index contributed by atoms with van der Waals surface area (Å²) >= 11 is 0. The van der Waals surface area contributed by atoms with Gasteiger partial charge < -0.3 is 15.5 Å². The van der Waals surface area contributed by atoms with Crippen LogP contribution in [0.2, 0.25) is 0 Å². The van der Waals surface area contributed by atoms with E-state index in [1.54, 1.807) is 7.05 Å². The van der Waals surface area contributed by atoms with E-state index in [1.165, 1.54) is 6.42 Å². The highest BCUT2D eigenvalue weighted by Gasteiger charge is 2.20. The number of nitrogens with one attached hydrogen (secondary N) is 3. The van der Waals surface area contributed by atoms with E-state index in [1.807, 2.05) is 0 Å². The van der Waals surface area contributed by atoms with E-state index in [0.717, 1.165) is 45.3 Å². The third kappa shape index (κ3) is 12.1. The van der Waals surface area contributed by atoms with Gasteiger partial charge >= 0.3 is 0 Å². The van der Waals surface area contributed by atoms with Gasteiger partial charge in [-0.05, 0) is 58.2 Å². The van der Waals surface area contributed by atoms with Crippen molar-refractivity contribution in [3.8, 4) is 0 Å². The fraction of sp³-hybridized carbons (Fsp3) is 0.944. The van der Waals surface area contributed by atoms with Crippen molar-refractivity contribution in [1.82, 2.24) is 20.3 Å². The lowest BCUT2D eigenvalue weighted by Crippen LogP contribution is -2.45. The van der Waals surface area contributed by atoms with Gasteiger partial charge in [0, 0.05) is 26.2 Å². The minimum absolute atomic E-state index is 0. The second-order valence-corrected chi connectivity index (χ2v) is 9.10. The summed E-state index contributed by atoms with van der Waals surface area (Å²) in [6, 6.07) is 0.296. The molecule has 0 aliphatic heterocycles. The molecule has 9 heteroatoms. The minimum atomic E-state index is -3.22. The van der Waals surface area contributed by atoms with Crippen LogP contribution in [0.5, 0.6) is 0 Å². The molecule has 0 radical (unpaired) electrons. The first kappa shape index (κ1) is 26.9. The molecule has 1 unspecified atom stereocenters. The lowest BCUT2D eigenvalue weighted by atomic mass is 9.86. The molecule has 1 aliphatic carbocycles. The molecule has 27 heavy (non-hydrogen) atoms. The summed E-state index contributed by atoms with van der Waals surface area (Å²) < 4.78 is 26.7. The third-order valence-electron chi connectivity index (χ3n) is 5.09. The van der Waals surface area contributed by atoms with Crippen molar-refractivity contribution in [1.29, 1.82) is 0 Å². The third-order valence-corrected chi connectivity index (χ3v) is 6.44. The quantitative estimate of drug-likeness (QED) is 0.198. The Hall–Kier alpha value is -0.130. The van der Waals surface area contributed by atoms with Crippen molar-refractivity contribution < 1.29 is 8.42 Å². The second kappa shape index (κ2) is 14.8. The number of hydrogen-bond donors (Lipinski definition) is 3. The number of guanidine groups is 1. The van der Waals surface area contributed by atoms with Crippen LogP contribution in [0.25, 0.3) is 0 Å². The smallest absolute Gasteiger partial charge is 0.213 e. The molecule has 0 heterocycles. The van der Waals surface area contributed by atoms with Gasteiger partial charge in [0.1, 0.15) is 0 Å². The molecule has 1 atom stereocenters. The highest BCUT2D eigenvalue weighted by atomic mass is 127. The Labute approximate surface area is 183 Å². The van der Waals surface area contributed by atoms with Gasteiger partial charge in [0.2, 0.25) is 10.0 Å². The molecule has 0 aromatic carbocycles. The molecule has 0 bridgehead atoms. The SMILES string of the molecule is CCN(CC)CCCC(C)NC(=NC)NCCS(=O)(=O)NCC1CCC1.I. The largest absolute Gasteiger partial charge is 0.355 e. The van der Waals surface area contributed by atoms with Crippen LogP contribution in [0, 0.1) is 5.92 Å². The number of sulfonamides is 1. The predicted molar refractivity (Wildman–Crippen MR) is 126 cm³/mol. The molecule has 3 N–H and O–H groups in total. The van der Waals surface area contributed by atoms with Gasteiger partial charge in [-0.15, -0.1) is 24.0 Å². The molecular weight excluding hydrogens is 477 g/mol. The fourth-order valence-corrected chi connectivity index (χ4v) is 3.98. The molecule has 1 aliphatic rings. The summed E-state index contributed by atoms with van der Waals surface area (Å²) in [5.74, 6) is 1.26. The van der Waals surface area contributed by atoms with Crippen LogP contribution in [0.3, 0.4) is 0 Å². The standard InChI is InChI=1S/C18H39N5O2S.HI/c1-5-23(6-2)13-8-9-16(3)22-18(19-4)20-12-14-26(24,25)21-15-17-10-7-11-17;/h16-17,21H,5-15H2,1-4H3,(H2,19,20,22);1H. The average Bonchev–Trinajstić information content (AvgIpc) is 2.56. The summed E-state index contributed by atoms with van der Waals surface area (Å²) in [5, 5.41) is 6.44. The Morgan fingerprint density at radius 1 is 1.26 bits per heavy atom. The summed E-state index contributed by atoms with van der Waals surface area (Å²) in [4.78, 5) is 6.61. The molecule has 1 fully saturated rings. The number of halogens is 1. The number of hydrogen-bond acceptors (Lipinski definition) is 4. The summed E-state index contributed by atoms with van der Waals surface area (Å²) in [5.41, 5.74) is 0. The Balaban J connectivity index is 0.00000676. The van der Waals surface area contributed by atoms with Gasteiger partial charge in [-0.2, -0.15) is 0 Å². The molecule has 1 saturated carbocycles. The molecule has 1 rings (SSSR count). The van der Waals surface area contributed by atoms with Crippen molar-refractivity contribution in [2.75, 3.05) is 45.5 Å². The maximum absolute atomic E-state index is 12.0. The fourth-order valence-electron chi connectivity index (χ4n) is 2.98. The molecule has 0 aromatic heterocycles. The summed E-state index contributed by atoms with van der Waals surface area (Å²) in [6.07, 6.45) is 5.70. The Kier molecular flexibility index (Phi) is 14.7. The maximum atomic E-state index is 12.0. The molecule has 162 valence electrons. The van der Waals surface area contributed by atoms with Gasteiger partial charge in [0.25, 0.3) is 0 Å². The van der Waals surface area contributed by atoms with Crippen molar-refractivity contribution >= 4 is 40.0 Å². The summed E-state index contributed by atoms with van der Waals surface area (Å²) in [6.45, 7) is 10.7. The molecular formula is C18H40IN5O2S. The van der Waals surface area contributed by atoms with Gasteiger partial charge in [0.05, 0.1) is 5.75 Å². The van der Waals surface area contributed by atoms with E-state index in [4.69, 9.17) is 0 Å². The van der Waals surface area contributed by atoms with Crippen LogP contribution in [-0.4, -0.2) is 70.8 Å². The van der Waals surface area contributed by atoms with Crippen LogP contribution in [0.15, 0.2) is 4.99 Å². The van der Waals surface area contributed by atoms with Crippen LogP contribution in [0.1, 0.15) is 52.9 Å². The molecule has 0 spiro atoms. The van der Waals surface area contributed by atoms with Gasteiger partial charge in [0.15, 0.2) is 5.96 Å². The van der Waals surface area contributed by atoms with Crippen molar-refractivity contribution in [3.63, 3.8) is 0 Å². The van der Waals surface area contributed by atoms with E-state index in [0.29, 0.717) is 31.0 Å². The Morgan fingerprint density at radius 2 is 1.93 bits per heavy atom. The van der Waals surface area contributed by atoms with E-state index < -0.39 is 10.0 Å². The van der Waals surface area contributed by atoms with E-state index >= 15 is 0 Å². The lowest BCUT2D eigenvalue weighted by molar-refractivity contribution is 0.292. The zero-order chi connectivity index (χ0) is 19.4. The highest BCUT2D eigenvalue weighted by molar-refractivity contribution is 14.0. The molecule has 0 amide bonds. The Bertz CT molecular complexity index is 508. The first-order valence-corrected chi connectivity index (χ1v) is 11.7. The van der Waals surface area contributed by atoms with Gasteiger partial charge in [-0.3, -0.25) is 4.99 Å². The maximum Gasteiger partial charge on any atom is 0.213 e. The molecule has 7 nitrogen and oxygen atoms in total. The van der Waals surface area contributed by atoms with Crippen molar-refractivity contribution in [2.24, 2.45) is 10.9 Å². The van der Waals surface area contributed by atoms with E-state index in [-0.39, 0.29) is 29.7 Å². The van der Waals surface area contributed by atoms with E-state index in [9.17, 15) is 8.42 Å². The molecule has 0 saturated heterocycles. The lowest BCUT2D eigenvalue weighted by Gasteiger charge is -2.25. The first-order chi connectivity index (χ1) is 12.4. The zero-order valence-electron chi connectivity index (χ0n) is 17.5. The van der Waals surface area contributed by atoms with Crippen molar-refractivity contribution in [3.05, 3.63) is 0 Å². The predicted octanol–water partition coefficient (Wildman–Crippen LogP) is 2.00. The number of nitrogens with zero attached hydrogens (tertiary/aromatic N) is 2. The van der Waals surface area contributed by atoms with Crippen molar-refractivity contribution in [2.45, 2.75) is 58.9 Å². The first-order valence-electron chi connectivity index (χ1n) is 10.1. The average molecular weight is 518 g/mol. The Morgan fingerprint density at radius 3 is 2.44 bits per heavy atom. The minimum Gasteiger partial charge on any atom is -0.355 e. The van der Waals surface area contributed by atoms with Gasteiger partial charge in [-0.25, -0.2) is 13.1 Å². The second-order valence-electron chi connectivity index (χ2n) is 7.18. The zero-order valence-corrected chi connectivity index (χ0v) is 20.6. The van der Waals surface area contributed by atoms with E-state index in [2.05, 4.69) is 46.0 Å². The van der Waals surface area contributed by atoms with Gasteiger partial charge in [-0.1, -0.05) is 20.3 Å². The van der Waals surface area contributed by atoms with Crippen LogP contribution < -0.4 is 15.4 Å². The normalized spacial score (nSPS) is 16.6.